The average molecular weight is 241 g/mol. The van der Waals surface area contributed by atoms with E-state index in [-0.39, 0.29) is 0 Å². The van der Waals surface area contributed by atoms with Gasteiger partial charge < -0.3 is 10.1 Å². The molecule has 94 valence electrons. The first-order valence-electron chi connectivity index (χ1n) is 6.18. The minimum atomic E-state index is 0.875. The molecular formula is C16H19NO. The second-order valence-corrected chi connectivity index (χ2v) is 4.39. The van der Waals surface area contributed by atoms with Crippen LogP contribution in [0, 0.1) is 6.92 Å². The highest BCUT2D eigenvalue weighted by Crippen LogP contribution is 2.18. The van der Waals surface area contributed by atoms with Crippen LogP contribution in [0.4, 0.5) is 0 Å². The zero-order valence-electron chi connectivity index (χ0n) is 10.9. The zero-order valence-corrected chi connectivity index (χ0v) is 10.9. The van der Waals surface area contributed by atoms with Gasteiger partial charge in [-0.3, -0.25) is 0 Å². The summed E-state index contributed by atoms with van der Waals surface area (Å²) in [4.78, 5) is 0. The van der Waals surface area contributed by atoms with Gasteiger partial charge in [-0.2, -0.15) is 0 Å². The Morgan fingerprint density at radius 2 is 1.67 bits per heavy atom. The molecule has 0 radical (unpaired) electrons. The first kappa shape index (κ1) is 12.7. The summed E-state index contributed by atoms with van der Waals surface area (Å²) >= 11 is 0. The van der Waals surface area contributed by atoms with Gasteiger partial charge in [0.25, 0.3) is 0 Å². The van der Waals surface area contributed by atoms with E-state index in [2.05, 4.69) is 48.6 Å². The molecule has 0 saturated heterocycles. The Kier molecular flexibility index (Phi) is 4.37. The highest BCUT2D eigenvalue weighted by molar-refractivity contribution is 5.36. The monoisotopic (exact) mass is 241 g/mol. The molecule has 0 fully saturated rings. The van der Waals surface area contributed by atoms with Crippen LogP contribution in [0.1, 0.15) is 16.7 Å². The Bertz CT molecular complexity index is 494. The quantitative estimate of drug-likeness (QED) is 0.867. The van der Waals surface area contributed by atoms with Crippen molar-refractivity contribution in [2.45, 2.75) is 20.0 Å². The van der Waals surface area contributed by atoms with Crippen molar-refractivity contribution < 1.29 is 4.74 Å². The number of ether oxygens (including phenoxy) is 1. The minimum absolute atomic E-state index is 0.875. The van der Waals surface area contributed by atoms with Crippen molar-refractivity contribution in [2.75, 3.05) is 7.11 Å². The van der Waals surface area contributed by atoms with E-state index in [0.717, 1.165) is 18.8 Å². The smallest absolute Gasteiger partial charge is 0.121 e. The number of methoxy groups -OCH3 is 1. The number of hydrogen-bond acceptors (Lipinski definition) is 2. The summed E-state index contributed by atoms with van der Waals surface area (Å²) in [7, 11) is 1.70. The van der Waals surface area contributed by atoms with Crippen LogP contribution in [0.2, 0.25) is 0 Å². The lowest BCUT2D eigenvalue weighted by atomic mass is 10.1. The lowest BCUT2D eigenvalue weighted by Gasteiger charge is -2.08. The van der Waals surface area contributed by atoms with Gasteiger partial charge >= 0.3 is 0 Å². The normalized spacial score (nSPS) is 10.3. The summed E-state index contributed by atoms with van der Waals surface area (Å²) in [5, 5.41) is 3.44. The van der Waals surface area contributed by atoms with Crippen LogP contribution >= 0.6 is 0 Å². The Hall–Kier alpha value is -1.80. The third-order valence-electron chi connectivity index (χ3n) is 2.96. The predicted molar refractivity (Wildman–Crippen MR) is 74.7 cm³/mol. The topological polar surface area (TPSA) is 21.3 Å². The molecule has 1 N–H and O–H groups in total. The molecule has 0 amide bonds. The number of hydrogen-bond donors (Lipinski definition) is 1. The van der Waals surface area contributed by atoms with E-state index in [1.165, 1.54) is 16.7 Å². The van der Waals surface area contributed by atoms with E-state index in [1.54, 1.807) is 7.11 Å². The Labute approximate surface area is 109 Å². The fraction of sp³-hybridized carbons (Fsp3) is 0.250. The van der Waals surface area contributed by atoms with Crippen LogP contribution in [0.25, 0.3) is 0 Å². The van der Waals surface area contributed by atoms with Crippen LogP contribution < -0.4 is 10.1 Å². The fourth-order valence-corrected chi connectivity index (χ4v) is 2.00. The highest BCUT2D eigenvalue weighted by atomic mass is 16.5. The molecule has 0 spiro atoms. The van der Waals surface area contributed by atoms with Crippen LogP contribution in [0.5, 0.6) is 5.75 Å². The Balaban J connectivity index is 1.89. The number of aryl methyl sites for hydroxylation is 1. The molecule has 2 nitrogen and oxygen atoms in total. The lowest BCUT2D eigenvalue weighted by Crippen LogP contribution is -2.12. The minimum Gasteiger partial charge on any atom is -0.496 e. The Morgan fingerprint density at radius 3 is 2.33 bits per heavy atom. The standard InChI is InChI=1S/C16H19NO/c1-13-10-15(8-9-16(13)18-2)12-17-11-14-6-4-3-5-7-14/h3-10,17H,11-12H2,1-2H3. The van der Waals surface area contributed by atoms with Gasteiger partial charge in [-0.1, -0.05) is 42.5 Å². The molecule has 2 heteroatoms. The number of rotatable bonds is 5. The molecule has 2 aromatic rings. The van der Waals surface area contributed by atoms with Crippen molar-refractivity contribution in [1.29, 1.82) is 0 Å². The van der Waals surface area contributed by atoms with Gasteiger partial charge in [0.05, 0.1) is 7.11 Å². The van der Waals surface area contributed by atoms with E-state index in [4.69, 9.17) is 4.74 Å². The fourth-order valence-electron chi connectivity index (χ4n) is 2.00. The van der Waals surface area contributed by atoms with E-state index in [9.17, 15) is 0 Å². The second-order valence-electron chi connectivity index (χ2n) is 4.39. The SMILES string of the molecule is COc1ccc(CNCc2ccccc2)cc1C. The Morgan fingerprint density at radius 1 is 0.944 bits per heavy atom. The summed E-state index contributed by atoms with van der Waals surface area (Å²) < 4.78 is 5.25. The predicted octanol–water partition coefficient (Wildman–Crippen LogP) is 3.29. The summed E-state index contributed by atoms with van der Waals surface area (Å²) in [6.45, 7) is 3.84. The molecule has 0 unspecified atom stereocenters. The van der Waals surface area contributed by atoms with Gasteiger partial charge in [0.1, 0.15) is 5.75 Å². The maximum absolute atomic E-state index is 5.25. The summed E-state index contributed by atoms with van der Waals surface area (Å²) in [6, 6.07) is 16.7. The largest absolute Gasteiger partial charge is 0.496 e. The molecule has 0 atom stereocenters. The maximum Gasteiger partial charge on any atom is 0.121 e. The lowest BCUT2D eigenvalue weighted by molar-refractivity contribution is 0.411. The van der Waals surface area contributed by atoms with Crippen molar-refractivity contribution in [3.05, 3.63) is 65.2 Å². The summed E-state index contributed by atoms with van der Waals surface area (Å²) in [6.07, 6.45) is 0. The third-order valence-corrected chi connectivity index (χ3v) is 2.96. The second kappa shape index (κ2) is 6.22. The molecule has 2 rings (SSSR count). The summed E-state index contributed by atoms with van der Waals surface area (Å²) in [5.41, 5.74) is 3.77. The first-order chi connectivity index (χ1) is 8.79. The maximum atomic E-state index is 5.25. The van der Waals surface area contributed by atoms with Gasteiger partial charge in [0.15, 0.2) is 0 Å². The van der Waals surface area contributed by atoms with Crippen molar-refractivity contribution in [3.63, 3.8) is 0 Å². The third kappa shape index (κ3) is 3.34. The van der Waals surface area contributed by atoms with Crippen molar-refractivity contribution >= 4 is 0 Å². The van der Waals surface area contributed by atoms with Crippen molar-refractivity contribution in [2.24, 2.45) is 0 Å². The number of nitrogens with one attached hydrogen (secondary N) is 1. The van der Waals surface area contributed by atoms with Gasteiger partial charge in [0.2, 0.25) is 0 Å². The average Bonchev–Trinajstić information content (AvgIpc) is 2.40. The van der Waals surface area contributed by atoms with E-state index >= 15 is 0 Å². The van der Waals surface area contributed by atoms with Crippen LogP contribution in [-0.2, 0) is 13.1 Å². The molecule has 0 aliphatic carbocycles. The van der Waals surface area contributed by atoms with Crippen LogP contribution in [0.15, 0.2) is 48.5 Å². The molecule has 0 aromatic heterocycles. The molecule has 18 heavy (non-hydrogen) atoms. The van der Waals surface area contributed by atoms with Crippen LogP contribution in [0.3, 0.4) is 0 Å². The molecule has 0 bridgehead atoms. The van der Waals surface area contributed by atoms with E-state index in [1.807, 2.05) is 12.1 Å². The molecule has 0 saturated carbocycles. The van der Waals surface area contributed by atoms with Crippen molar-refractivity contribution in [1.82, 2.24) is 5.32 Å². The molecule has 0 aliphatic rings. The van der Waals surface area contributed by atoms with Gasteiger partial charge in [-0.25, -0.2) is 0 Å². The van der Waals surface area contributed by atoms with Crippen molar-refractivity contribution in [3.8, 4) is 5.75 Å². The molecular weight excluding hydrogens is 222 g/mol. The molecule has 0 heterocycles. The summed E-state index contributed by atoms with van der Waals surface area (Å²) in [5.74, 6) is 0.946. The molecule has 0 aliphatic heterocycles. The van der Waals surface area contributed by atoms with Gasteiger partial charge in [0, 0.05) is 13.1 Å². The first-order valence-corrected chi connectivity index (χ1v) is 6.18. The molecule has 2 aromatic carbocycles. The van der Waals surface area contributed by atoms with Crippen LogP contribution in [-0.4, -0.2) is 7.11 Å². The van der Waals surface area contributed by atoms with Gasteiger partial charge in [-0.15, -0.1) is 0 Å². The van der Waals surface area contributed by atoms with E-state index in [0.29, 0.717) is 0 Å². The zero-order chi connectivity index (χ0) is 12.8. The van der Waals surface area contributed by atoms with E-state index < -0.39 is 0 Å². The highest BCUT2D eigenvalue weighted by Gasteiger charge is 1.99. The van der Waals surface area contributed by atoms with Gasteiger partial charge in [-0.05, 0) is 29.7 Å². The number of benzene rings is 2.